The van der Waals surface area contributed by atoms with Crippen LogP contribution in [0, 0.1) is 11.3 Å². The Morgan fingerprint density at radius 1 is 1.50 bits per heavy atom. The minimum absolute atomic E-state index is 0.0159. The Bertz CT molecular complexity index is 745. The van der Waals surface area contributed by atoms with E-state index in [4.69, 9.17) is 10.00 Å². The molecule has 1 aromatic carbocycles. The third-order valence-electron chi connectivity index (χ3n) is 3.95. The molecule has 1 aromatic heterocycles. The predicted octanol–water partition coefficient (Wildman–Crippen LogP) is 3.50. The Hall–Kier alpha value is -2.23. The number of nitriles is 1. The lowest BCUT2D eigenvalue weighted by Gasteiger charge is -2.07. The van der Waals surface area contributed by atoms with Gasteiger partial charge in [0.2, 0.25) is 5.91 Å². The van der Waals surface area contributed by atoms with Crippen LogP contribution >= 0.6 is 11.3 Å². The molecule has 2 heterocycles. The summed E-state index contributed by atoms with van der Waals surface area (Å²) in [6.07, 6.45) is 6.09. The van der Waals surface area contributed by atoms with Crippen molar-refractivity contribution in [1.29, 1.82) is 5.26 Å². The zero-order valence-corrected chi connectivity index (χ0v) is 14.1. The van der Waals surface area contributed by atoms with Gasteiger partial charge in [-0.25, -0.2) is 4.98 Å². The minimum atomic E-state index is -0.0159. The lowest BCUT2D eigenvalue weighted by molar-refractivity contribution is -0.116. The molecule has 24 heavy (non-hydrogen) atoms. The first-order chi connectivity index (χ1) is 11.7. The van der Waals surface area contributed by atoms with Crippen LogP contribution in [0.1, 0.15) is 41.7 Å². The number of thiazole rings is 1. The van der Waals surface area contributed by atoms with Crippen molar-refractivity contribution in [2.45, 2.75) is 38.2 Å². The van der Waals surface area contributed by atoms with E-state index in [1.165, 1.54) is 11.3 Å². The molecule has 1 fully saturated rings. The number of nitrogens with zero attached hydrogens (tertiary/aromatic N) is 2. The van der Waals surface area contributed by atoms with E-state index in [2.05, 4.69) is 16.4 Å². The maximum absolute atomic E-state index is 12.0. The van der Waals surface area contributed by atoms with Crippen molar-refractivity contribution in [3.8, 4) is 6.07 Å². The number of ether oxygens (including phenoxy) is 1. The number of rotatable bonds is 6. The van der Waals surface area contributed by atoms with Gasteiger partial charge in [-0.15, -0.1) is 11.3 Å². The summed E-state index contributed by atoms with van der Waals surface area (Å²) in [5.41, 5.74) is 1.72. The van der Waals surface area contributed by atoms with Crippen molar-refractivity contribution in [3.05, 3.63) is 46.5 Å². The first-order valence-electron chi connectivity index (χ1n) is 8.08. The molecule has 2 aromatic rings. The first kappa shape index (κ1) is 16.6. The highest BCUT2D eigenvalue weighted by molar-refractivity contribution is 7.15. The number of aromatic nitrogens is 1. The van der Waals surface area contributed by atoms with Gasteiger partial charge in [-0.05, 0) is 37.0 Å². The largest absolute Gasteiger partial charge is 0.378 e. The number of carbonyl (C=O) groups excluding carboxylic acids is 1. The normalized spacial score (nSPS) is 16.7. The molecule has 5 nitrogen and oxygen atoms in total. The SMILES string of the molecule is N#Cc1cccc(Cc2cnc(NC(=O)CC[C@H]3CCCO3)s2)c1. The van der Waals surface area contributed by atoms with Crippen LogP contribution in [0.5, 0.6) is 0 Å². The van der Waals surface area contributed by atoms with Crippen LogP contribution in [0.3, 0.4) is 0 Å². The number of carbonyl (C=O) groups is 1. The van der Waals surface area contributed by atoms with Gasteiger partial charge in [0.05, 0.1) is 17.7 Å². The van der Waals surface area contributed by atoms with Gasteiger partial charge < -0.3 is 10.1 Å². The fourth-order valence-corrected chi connectivity index (χ4v) is 3.61. The van der Waals surface area contributed by atoms with Gasteiger partial charge >= 0.3 is 0 Å². The number of hydrogen-bond acceptors (Lipinski definition) is 5. The van der Waals surface area contributed by atoms with Crippen molar-refractivity contribution in [1.82, 2.24) is 4.98 Å². The maximum Gasteiger partial charge on any atom is 0.226 e. The lowest BCUT2D eigenvalue weighted by Crippen LogP contribution is -2.15. The standard InChI is InChI=1S/C18H19N3O2S/c19-11-14-4-1-3-13(9-14)10-16-12-20-18(24-16)21-17(22)7-6-15-5-2-8-23-15/h1,3-4,9,12,15H,2,5-8,10H2,(H,20,21,22)/t15-/m1/s1. The van der Waals surface area contributed by atoms with Crippen LogP contribution in [0.15, 0.2) is 30.5 Å². The Kier molecular flexibility index (Phi) is 5.57. The maximum atomic E-state index is 12.0. The Morgan fingerprint density at radius 3 is 3.21 bits per heavy atom. The van der Waals surface area contributed by atoms with Gasteiger partial charge in [0, 0.05) is 30.5 Å². The fourth-order valence-electron chi connectivity index (χ4n) is 2.74. The van der Waals surface area contributed by atoms with Crippen molar-refractivity contribution in [3.63, 3.8) is 0 Å². The molecule has 1 atom stereocenters. The number of nitrogens with one attached hydrogen (secondary N) is 1. The van der Waals surface area contributed by atoms with Gasteiger partial charge in [-0.2, -0.15) is 5.26 Å². The van der Waals surface area contributed by atoms with Gasteiger partial charge in [0.25, 0.3) is 0 Å². The van der Waals surface area contributed by atoms with Crippen LogP contribution in [0.4, 0.5) is 5.13 Å². The molecule has 1 saturated heterocycles. The highest BCUT2D eigenvalue weighted by Gasteiger charge is 2.17. The van der Waals surface area contributed by atoms with E-state index in [1.807, 2.05) is 18.2 Å². The van der Waals surface area contributed by atoms with Crippen LogP contribution in [-0.2, 0) is 16.0 Å². The summed E-state index contributed by atoms with van der Waals surface area (Å²) in [6, 6.07) is 9.67. The second-order valence-electron chi connectivity index (χ2n) is 5.84. The highest BCUT2D eigenvalue weighted by atomic mass is 32.1. The molecule has 0 radical (unpaired) electrons. The van der Waals surface area contributed by atoms with E-state index in [0.717, 1.165) is 36.3 Å². The topological polar surface area (TPSA) is 75.0 Å². The molecule has 3 rings (SSSR count). The lowest BCUT2D eigenvalue weighted by atomic mass is 10.1. The minimum Gasteiger partial charge on any atom is -0.378 e. The number of anilines is 1. The van der Waals surface area contributed by atoms with E-state index >= 15 is 0 Å². The molecule has 0 spiro atoms. The Labute approximate surface area is 145 Å². The van der Waals surface area contributed by atoms with Gasteiger partial charge in [-0.1, -0.05) is 12.1 Å². The summed E-state index contributed by atoms with van der Waals surface area (Å²) in [5, 5.41) is 12.4. The molecule has 124 valence electrons. The van der Waals surface area contributed by atoms with Crippen molar-refractivity contribution in [2.75, 3.05) is 11.9 Å². The Balaban J connectivity index is 1.51. The second kappa shape index (κ2) is 8.04. The second-order valence-corrected chi connectivity index (χ2v) is 6.96. The number of hydrogen-bond donors (Lipinski definition) is 1. The Morgan fingerprint density at radius 2 is 2.42 bits per heavy atom. The summed E-state index contributed by atoms with van der Waals surface area (Å²) >= 11 is 1.47. The van der Waals surface area contributed by atoms with Crippen molar-refractivity contribution >= 4 is 22.4 Å². The van der Waals surface area contributed by atoms with E-state index in [1.54, 1.807) is 12.3 Å². The molecule has 0 saturated carbocycles. The summed E-state index contributed by atoms with van der Waals surface area (Å²) in [7, 11) is 0. The summed E-state index contributed by atoms with van der Waals surface area (Å²) in [6.45, 7) is 0.815. The number of benzene rings is 1. The molecule has 0 aliphatic carbocycles. The van der Waals surface area contributed by atoms with E-state index in [0.29, 0.717) is 23.5 Å². The molecule has 6 heteroatoms. The zero-order valence-electron chi connectivity index (χ0n) is 13.3. The van der Waals surface area contributed by atoms with E-state index in [-0.39, 0.29) is 12.0 Å². The average molecular weight is 341 g/mol. The molecule has 1 aliphatic rings. The van der Waals surface area contributed by atoms with Gasteiger partial charge in [0.15, 0.2) is 5.13 Å². The zero-order chi connectivity index (χ0) is 16.8. The fraction of sp³-hybridized carbons (Fsp3) is 0.389. The first-order valence-corrected chi connectivity index (χ1v) is 8.90. The third-order valence-corrected chi connectivity index (χ3v) is 4.86. The van der Waals surface area contributed by atoms with Crippen molar-refractivity contribution in [2.24, 2.45) is 0 Å². The average Bonchev–Trinajstić information content (AvgIpc) is 3.25. The summed E-state index contributed by atoms with van der Waals surface area (Å²) in [5.74, 6) is -0.0159. The van der Waals surface area contributed by atoms with E-state index in [9.17, 15) is 4.79 Å². The summed E-state index contributed by atoms with van der Waals surface area (Å²) < 4.78 is 5.53. The molecule has 1 amide bonds. The van der Waals surface area contributed by atoms with E-state index < -0.39 is 0 Å². The summed E-state index contributed by atoms with van der Waals surface area (Å²) in [4.78, 5) is 17.3. The van der Waals surface area contributed by atoms with Crippen LogP contribution in [0.2, 0.25) is 0 Å². The molecule has 0 unspecified atom stereocenters. The highest BCUT2D eigenvalue weighted by Crippen LogP contribution is 2.22. The quantitative estimate of drug-likeness (QED) is 0.872. The smallest absolute Gasteiger partial charge is 0.226 e. The van der Waals surface area contributed by atoms with Gasteiger partial charge in [0.1, 0.15) is 0 Å². The van der Waals surface area contributed by atoms with Crippen LogP contribution < -0.4 is 5.32 Å². The van der Waals surface area contributed by atoms with Gasteiger partial charge in [-0.3, -0.25) is 4.79 Å². The van der Waals surface area contributed by atoms with Crippen molar-refractivity contribution < 1.29 is 9.53 Å². The monoisotopic (exact) mass is 341 g/mol. The third kappa shape index (κ3) is 4.63. The molecule has 1 aliphatic heterocycles. The molecule has 0 bridgehead atoms. The number of amides is 1. The van der Waals surface area contributed by atoms with Crippen LogP contribution in [-0.4, -0.2) is 23.6 Å². The van der Waals surface area contributed by atoms with Crippen LogP contribution in [0.25, 0.3) is 0 Å². The molecular weight excluding hydrogens is 322 g/mol. The predicted molar refractivity (Wildman–Crippen MR) is 92.9 cm³/mol. The molecular formula is C18H19N3O2S. The molecule has 1 N–H and O–H groups in total.